The molecule has 6 nitrogen and oxygen atoms in total. The van der Waals surface area contributed by atoms with Crippen molar-refractivity contribution in [2.24, 2.45) is 18.9 Å². The number of tetrazole rings is 1. The molecule has 0 radical (unpaired) electrons. The summed E-state index contributed by atoms with van der Waals surface area (Å²) in [6.45, 7) is 7.87. The molecule has 1 aromatic heterocycles. The fourth-order valence-corrected chi connectivity index (χ4v) is 3.21. The van der Waals surface area contributed by atoms with Gasteiger partial charge in [-0.15, -0.1) is 0 Å². The third-order valence-electron chi connectivity index (χ3n) is 4.20. The molecule has 2 aliphatic rings. The summed E-state index contributed by atoms with van der Waals surface area (Å²) in [5.41, 5.74) is 0.136. The van der Waals surface area contributed by atoms with E-state index in [1.165, 1.54) is 0 Å². The van der Waals surface area contributed by atoms with Crippen molar-refractivity contribution >= 4 is 5.95 Å². The van der Waals surface area contributed by atoms with Crippen LogP contribution in [0.15, 0.2) is 0 Å². The third kappa shape index (κ3) is 1.19. The van der Waals surface area contributed by atoms with Crippen molar-refractivity contribution < 1.29 is 0 Å². The molecule has 2 saturated heterocycles. The highest BCUT2D eigenvalue weighted by Gasteiger charge is 2.50. The second-order valence-electron chi connectivity index (χ2n) is 5.39. The molecule has 0 aromatic carbocycles. The van der Waals surface area contributed by atoms with E-state index in [-0.39, 0.29) is 5.54 Å². The Morgan fingerprint density at radius 1 is 1.38 bits per heavy atom. The molecule has 0 amide bonds. The van der Waals surface area contributed by atoms with Crippen LogP contribution < -0.4 is 10.2 Å². The van der Waals surface area contributed by atoms with E-state index in [1.807, 2.05) is 7.05 Å². The minimum atomic E-state index is 0.136. The van der Waals surface area contributed by atoms with Crippen LogP contribution >= 0.6 is 0 Å². The molecule has 3 heterocycles. The number of aromatic nitrogens is 4. The van der Waals surface area contributed by atoms with Crippen LogP contribution in [0.5, 0.6) is 0 Å². The van der Waals surface area contributed by atoms with Gasteiger partial charge in [0.1, 0.15) is 0 Å². The highest BCUT2D eigenvalue weighted by atomic mass is 15.6. The maximum absolute atomic E-state index is 4.13. The van der Waals surface area contributed by atoms with Gasteiger partial charge in [0.2, 0.25) is 5.95 Å². The van der Waals surface area contributed by atoms with E-state index in [0.29, 0.717) is 5.92 Å². The Morgan fingerprint density at radius 3 is 2.81 bits per heavy atom. The number of anilines is 1. The topological polar surface area (TPSA) is 58.9 Å². The summed E-state index contributed by atoms with van der Waals surface area (Å²) >= 11 is 0. The van der Waals surface area contributed by atoms with Crippen molar-refractivity contribution in [1.29, 1.82) is 0 Å². The van der Waals surface area contributed by atoms with Gasteiger partial charge in [-0.05, 0) is 36.1 Å². The van der Waals surface area contributed by atoms with Crippen LogP contribution in [0, 0.1) is 11.8 Å². The van der Waals surface area contributed by atoms with E-state index in [1.54, 1.807) is 4.68 Å². The first-order valence-electron chi connectivity index (χ1n) is 5.81. The summed E-state index contributed by atoms with van der Waals surface area (Å²) in [7, 11) is 1.90. The van der Waals surface area contributed by atoms with Gasteiger partial charge in [-0.25, -0.2) is 4.68 Å². The molecular weight excluding hydrogens is 204 g/mol. The van der Waals surface area contributed by atoms with E-state index in [4.69, 9.17) is 0 Å². The number of fused-ring (bicyclic) bond motifs is 1. The first-order valence-corrected chi connectivity index (χ1v) is 5.81. The minimum absolute atomic E-state index is 0.136. The molecular formula is C10H18N6. The van der Waals surface area contributed by atoms with Crippen LogP contribution in [-0.4, -0.2) is 45.4 Å². The highest BCUT2D eigenvalue weighted by molar-refractivity contribution is 5.38. The van der Waals surface area contributed by atoms with Crippen LogP contribution in [0.1, 0.15) is 13.8 Å². The van der Waals surface area contributed by atoms with Crippen LogP contribution in [0.4, 0.5) is 5.95 Å². The summed E-state index contributed by atoms with van der Waals surface area (Å²) in [6.07, 6.45) is 0. The molecule has 2 unspecified atom stereocenters. The Hall–Kier alpha value is -1.17. The second-order valence-corrected chi connectivity index (χ2v) is 5.39. The molecule has 1 aromatic rings. The van der Waals surface area contributed by atoms with E-state index in [2.05, 4.69) is 39.6 Å². The van der Waals surface area contributed by atoms with Crippen molar-refractivity contribution in [2.45, 2.75) is 19.4 Å². The van der Waals surface area contributed by atoms with E-state index in [9.17, 15) is 0 Å². The molecule has 16 heavy (non-hydrogen) atoms. The fraction of sp³-hybridized carbons (Fsp3) is 0.900. The number of nitrogens with one attached hydrogen (secondary N) is 1. The van der Waals surface area contributed by atoms with Gasteiger partial charge in [0, 0.05) is 32.2 Å². The molecule has 2 atom stereocenters. The Labute approximate surface area is 95.0 Å². The molecule has 0 bridgehead atoms. The lowest BCUT2D eigenvalue weighted by Crippen LogP contribution is -2.45. The number of rotatable bonds is 1. The summed E-state index contributed by atoms with van der Waals surface area (Å²) in [6, 6.07) is 0. The molecule has 2 fully saturated rings. The Bertz CT molecular complexity index is 398. The zero-order chi connectivity index (χ0) is 11.3. The zero-order valence-electron chi connectivity index (χ0n) is 10.0. The van der Waals surface area contributed by atoms with Gasteiger partial charge in [-0.1, -0.05) is 5.10 Å². The van der Waals surface area contributed by atoms with Gasteiger partial charge in [0.25, 0.3) is 0 Å². The largest absolute Gasteiger partial charge is 0.334 e. The van der Waals surface area contributed by atoms with Crippen molar-refractivity contribution in [3.05, 3.63) is 0 Å². The Balaban J connectivity index is 1.96. The molecule has 3 rings (SSSR count). The second kappa shape index (κ2) is 3.16. The van der Waals surface area contributed by atoms with Gasteiger partial charge in [0.05, 0.1) is 0 Å². The van der Waals surface area contributed by atoms with Crippen LogP contribution in [0.25, 0.3) is 0 Å². The Morgan fingerprint density at radius 2 is 2.19 bits per heavy atom. The van der Waals surface area contributed by atoms with Crippen molar-refractivity contribution in [2.75, 3.05) is 24.5 Å². The molecule has 0 aliphatic carbocycles. The molecule has 6 heteroatoms. The van der Waals surface area contributed by atoms with Crippen molar-refractivity contribution in [1.82, 2.24) is 25.5 Å². The molecule has 0 spiro atoms. The average Bonchev–Trinajstić information content (AvgIpc) is 2.85. The van der Waals surface area contributed by atoms with Crippen molar-refractivity contribution in [3.63, 3.8) is 0 Å². The maximum atomic E-state index is 4.13. The number of hydrogen-bond donors (Lipinski definition) is 1. The lowest BCUT2D eigenvalue weighted by Gasteiger charge is -2.35. The molecule has 88 valence electrons. The van der Waals surface area contributed by atoms with Crippen LogP contribution in [0.3, 0.4) is 0 Å². The monoisotopic (exact) mass is 222 g/mol. The molecule has 1 N–H and O–H groups in total. The predicted molar refractivity (Wildman–Crippen MR) is 60.1 cm³/mol. The standard InChI is InChI=1S/C10H18N6/c1-10(2)8-5-11-4-7(8)6-16(10)9-12-13-14-15(9)3/h7-8,11H,4-6H2,1-3H3. The number of aryl methyl sites for hydroxylation is 1. The van der Waals surface area contributed by atoms with Crippen LogP contribution in [-0.2, 0) is 7.05 Å². The van der Waals surface area contributed by atoms with Gasteiger partial charge < -0.3 is 10.2 Å². The highest BCUT2D eigenvalue weighted by Crippen LogP contribution is 2.42. The normalized spacial score (nSPS) is 32.1. The SMILES string of the molecule is Cn1nnnc1N1CC2CNCC2C1(C)C. The van der Waals surface area contributed by atoms with Gasteiger partial charge in [-0.3, -0.25) is 0 Å². The maximum Gasteiger partial charge on any atom is 0.245 e. The first-order chi connectivity index (χ1) is 7.60. The number of nitrogens with zero attached hydrogens (tertiary/aromatic N) is 5. The van der Waals surface area contributed by atoms with Gasteiger partial charge in [-0.2, -0.15) is 0 Å². The minimum Gasteiger partial charge on any atom is -0.334 e. The van der Waals surface area contributed by atoms with E-state index >= 15 is 0 Å². The van der Waals surface area contributed by atoms with Gasteiger partial charge >= 0.3 is 0 Å². The third-order valence-corrected chi connectivity index (χ3v) is 4.20. The van der Waals surface area contributed by atoms with E-state index in [0.717, 1.165) is 31.5 Å². The molecule has 2 aliphatic heterocycles. The van der Waals surface area contributed by atoms with E-state index < -0.39 is 0 Å². The van der Waals surface area contributed by atoms with Crippen molar-refractivity contribution in [3.8, 4) is 0 Å². The first kappa shape index (κ1) is 10.0. The lowest BCUT2D eigenvalue weighted by molar-refractivity contribution is 0.353. The predicted octanol–water partition coefficient (Wildman–Crippen LogP) is -0.356. The smallest absolute Gasteiger partial charge is 0.245 e. The Kier molecular flexibility index (Phi) is 1.98. The average molecular weight is 222 g/mol. The zero-order valence-corrected chi connectivity index (χ0v) is 10.0. The summed E-state index contributed by atoms with van der Waals surface area (Å²) in [4.78, 5) is 2.35. The fourth-order valence-electron chi connectivity index (χ4n) is 3.21. The number of hydrogen-bond acceptors (Lipinski definition) is 5. The summed E-state index contributed by atoms with van der Waals surface area (Å²) < 4.78 is 1.76. The summed E-state index contributed by atoms with van der Waals surface area (Å²) in [5, 5.41) is 15.3. The quantitative estimate of drug-likeness (QED) is 0.703. The molecule has 0 saturated carbocycles. The van der Waals surface area contributed by atoms with Crippen LogP contribution in [0.2, 0.25) is 0 Å². The summed E-state index contributed by atoms with van der Waals surface area (Å²) in [5.74, 6) is 2.32. The lowest BCUT2D eigenvalue weighted by atomic mass is 9.85. The van der Waals surface area contributed by atoms with Gasteiger partial charge in [0.15, 0.2) is 0 Å².